The topological polar surface area (TPSA) is 90.0 Å². The Kier molecular flexibility index (Phi) is 3.89. The number of benzene rings is 1. The summed E-state index contributed by atoms with van der Waals surface area (Å²) in [6, 6.07) is 2.91. The molecule has 1 heterocycles. The van der Waals surface area contributed by atoms with Crippen molar-refractivity contribution in [3.63, 3.8) is 0 Å². The average Bonchev–Trinajstić information content (AvgIpc) is 2.72. The molecule has 9 heteroatoms. The molecule has 0 saturated carbocycles. The smallest absolute Gasteiger partial charge is 0.245 e. The maximum absolute atomic E-state index is 11.9. The Balaban J connectivity index is 2.73. The molecule has 1 aliphatic heterocycles. The molecule has 0 unspecified atom stereocenters. The van der Waals surface area contributed by atoms with Crippen LogP contribution >= 0.6 is 0 Å². The summed E-state index contributed by atoms with van der Waals surface area (Å²) in [5.74, 6) is 0.743. The summed E-state index contributed by atoms with van der Waals surface area (Å²) in [7, 11) is -8.04. The van der Waals surface area contributed by atoms with E-state index in [1.165, 1.54) is 6.07 Å². The molecule has 0 fully saturated rings. The lowest BCUT2D eigenvalue weighted by atomic mass is 10.1. The lowest BCUT2D eigenvalue weighted by molar-refractivity contribution is 0.174. The Bertz CT molecular complexity index is 750. The van der Waals surface area contributed by atoms with E-state index in [0.29, 0.717) is 20.8 Å². The van der Waals surface area contributed by atoms with Crippen LogP contribution in [-0.2, 0) is 26.5 Å². The molecule has 0 N–H and O–H groups in total. The zero-order valence-electron chi connectivity index (χ0n) is 11.6. The minimum atomic E-state index is -4.02. The second-order valence-corrected chi connectivity index (χ2v) is 8.44. The van der Waals surface area contributed by atoms with Crippen LogP contribution in [0, 0.1) is 0 Å². The molecule has 0 atom stereocenters. The molecule has 0 bridgehead atoms. The third-order valence-electron chi connectivity index (χ3n) is 2.74. The van der Waals surface area contributed by atoms with Crippen molar-refractivity contribution in [2.75, 3.05) is 23.0 Å². The highest BCUT2D eigenvalue weighted by atomic mass is 32.3. The van der Waals surface area contributed by atoms with Crippen LogP contribution in [0.5, 0.6) is 11.5 Å². The first-order valence-corrected chi connectivity index (χ1v) is 9.58. The third-order valence-corrected chi connectivity index (χ3v) is 5.96. The van der Waals surface area contributed by atoms with Gasteiger partial charge in [0.1, 0.15) is 0 Å². The third kappa shape index (κ3) is 3.13. The van der Waals surface area contributed by atoms with Crippen molar-refractivity contribution in [2.45, 2.75) is 6.42 Å². The van der Waals surface area contributed by atoms with Crippen LogP contribution in [0.2, 0.25) is 0 Å². The van der Waals surface area contributed by atoms with Gasteiger partial charge in [-0.15, -0.1) is 6.58 Å². The second kappa shape index (κ2) is 5.23. The van der Waals surface area contributed by atoms with Gasteiger partial charge in [0.15, 0.2) is 11.5 Å². The van der Waals surface area contributed by atoms with Crippen molar-refractivity contribution >= 4 is 25.7 Å². The number of sulfonamides is 2. The molecule has 1 aromatic carbocycles. The van der Waals surface area contributed by atoms with Crippen LogP contribution < -0.4 is 13.2 Å². The fourth-order valence-electron chi connectivity index (χ4n) is 2.07. The number of allylic oxidation sites excluding steroid dienone is 1. The van der Waals surface area contributed by atoms with E-state index in [-0.39, 0.29) is 18.9 Å². The molecule has 0 spiro atoms. The standard InChI is InChI=1S/C12H15NO6S2/c1-4-5-9-6-11-12(19-8-18-11)7-10(9)13(20(2,14)15)21(3,16)17/h4,6-7H,1,5,8H2,2-3H3. The zero-order chi connectivity index (χ0) is 15.8. The molecule has 0 aliphatic carbocycles. The van der Waals surface area contributed by atoms with Crippen LogP contribution in [0.3, 0.4) is 0 Å². The molecule has 0 aromatic heterocycles. The van der Waals surface area contributed by atoms with Gasteiger partial charge in [-0.2, -0.15) is 3.71 Å². The van der Waals surface area contributed by atoms with Crippen molar-refractivity contribution < 1.29 is 26.3 Å². The molecule has 116 valence electrons. The SMILES string of the molecule is C=CCc1cc2c(cc1N(S(C)(=O)=O)S(C)(=O)=O)OCO2. The van der Waals surface area contributed by atoms with Gasteiger partial charge >= 0.3 is 0 Å². The van der Waals surface area contributed by atoms with Gasteiger partial charge in [-0.05, 0) is 18.1 Å². The predicted molar refractivity (Wildman–Crippen MR) is 78.6 cm³/mol. The fraction of sp³-hybridized carbons (Fsp3) is 0.333. The van der Waals surface area contributed by atoms with E-state index < -0.39 is 20.0 Å². The lowest BCUT2D eigenvalue weighted by Gasteiger charge is -2.22. The number of hydrogen-bond acceptors (Lipinski definition) is 6. The summed E-state index contributed by atoms with van der Waals surface area (Å²) in [4.78, 5) is 0. The summed E-state index contributed by atoms with van der Waals surface area (Å²) >= 11 is 0. The first-order chi connectivity index (χ1) is 9.64. The minimum absolute atomic E-state index is 0.00403. The fourth-order valence-corrected chi connectivity index (χ4v) is 5.09. The quantitative estimate of drug-likeness (QED) is 0.743. The summed E-state index contributed by atoms with van der Waals surface area (Å²) in [5, 5.41) is 0. The van der Waals surface area contributed by atoms with Crippen LogP contribution in [0.1, 0.15) is 5.56 Å². The molecular weight excluding hydrogens is 318 g/mol. The van der Waals surface area contributed by atoms with Crippen molar-refractivity contribution in [1.82, 2.24) is 0 Å². The van der Waals surface area contributed by atoms with E-state index in [1.807, 2.05) is 0 Å². The van der Waals surface area contributed by atoms with Crippen LogP contribution in [-0.4, -0.2) is 36.1 Å². The van der Waals surface area contributed by atoms with Crippen molar-refractivity contribution in [1.29, 1.82) is 0 Å². The summed E-state index contributed by atoms with van der Waals surface area (Å²) in [6.07, 6.45) is 3.49. The van der Waals surface area contributed by atoms with Crippen LogP contribution in [0.25, 0.3) is 0 Å². The zero-order valence-corrected chi connectivity index (χ0v) is 13.2. The second-order valence-electron chi connectivity index (χ2n) is 4.55. The molecule has 1 aliphatic rings. The van der Waals surface area contributed by atoms with E-state index in [9.17, 15) is 16.8 Å². The number of ether oxygens (including phenoxy) is 2. The number of nitrogens with zero attached hydrogens (tertiary/aromatic N) is 1. The summed E-state index contributed by atoms with van der Waals surface area (Å²) in [5.41, 5.74) is 0.481. The van der Waals surface area contributed by atoms with Gasteiger partial charge in [0.2, 0.25) is 26.8 Å². The number of hydrogen-bond donors (Lipinski definition) is 0. The molecule has 1 aromatic rings. The minimum Gasteiger partial charge on any atom is -0.454 e. The van der Waals surface area contributed by atoms with Gasteiger partial charge in [0.05, 0.1) is 18.2 Å². The Morgan fingerprint density at radius 2 is 1.67 bits per heavy atom. The van der Waals surface area contributed by atoms with Gasteiger partial charge in [-0.3, -0.25) is 0 Å². The molecule has 21 heavy (non-hydrogen) atoms. The van der Waals surface area contributed by atoms with Gasteiger partial charge in [-0.25, -0.2) is 16.8 Å². The predicted octanol–water partition coefficient (Wildman–Crippen LogP) is 0.869. The van der Waals surface area contributed by atoms with Crippen molar-refractivity contribution in [3.05, 3.63) is 30.4 Å². The summed E-state index contributed by atoms with van der Waals surface area (Å²) < 4.78 is 58.3. The van der Waals surface area contributed by atoms with E-state index in [0.717, 1.165) is 12.5 Å². The number of fused-ring (bicyclic) bond motifs is 1. The highest BCUT2D eigenvalue weighted by Gasteiger charge is 2.31. The van der Waals surface area contributed by atoms with Gasteiger partial charge in [-0.1, -0.05) is 6.08 Å². The first-order valence-electron chi connectivity index (χ1n) is 5.88. The Labute approximate surface area is 123 Å². The van der Waals surface area contributed by atoms with Crippen LogP contribution in [0.4, 0.5) is 5.69 Å². The highest BCUT2D eigenvalue weighted by molar-refractivity contribution is 8.09. The van der Waals surface area contributed by atoms with E-state index in [2.05, 4.69) is 6.58 Å². The maximum Gasteiger partial charge on any atom is 0.245 e. The maximum atomic E-state index is 11.9. The Hall–Kier alpha value is -1.74. The van der Waals surface area contributed by atoms with E-state index in [4.69, 9.17) is 9.47 Å². The normalized spacial score (nSPS) is 14.0. The van der Waals surface area contributed by atoms with Gasteiger partial charge in [0.25, 0.3) is 0 Å². The van der Waals surface area contributed by atoms with Gasteiger partial charge < -0.3 is 9.47 Å². The highest BCUT2D eigenvalue weighted by Crippen LogP contribution is 2.40. The van der Waals surface area contributed by atoms with E-state index in [1.54, 1.807) is 12.1 Å². The monoisotopic (exact) mass is 333 g/mol. The molecule has 2 rings (SSSR count). The van der Waals surface area contributed by atoms with Gasteiger partial charge in [0, 0.05) is 6.07 Å². The molecule has 7 nitrogen and oxygen atoms in total. The van der Waals surface area contributed by atoms with Crippen LogP contribution in [0.15, 0.2) is 24.8 Å². The lowest BCUT2D eigenvalue weighted by Crippen LogP contribution is -2.35. The Morgan fingerprint density at radius 1 is 1.14 bits per heavy atom. The molecule has 0 amide bonds. The molecular formula is C12H15NO6S2. The van der Waals surface area contributed by atoms with Crippen molar-refractivity contribution in [2.24, 2.45) is 0 Å². The Morgan fingerprint density at radius 3 is 2.14 bits per heavy atom. The largest absolute Gasteiger partial charge is 0.454 e. The summed E-state index contributed by atoms with van der Waals surface area (Å²) in [6.45, 7) is 3.59. The van der Waals surface area contributed by atoms with E-state index >= 15 is 0 Å². The number of anilines is 1. The van der Waals surface area contributed by atoms with Crippen molar-refractivity contribution in [3.8, 4) is 11.5 Å². The molecule has 0 radical (unpaired) electrons. The average molecular weight is 333 g/mol. The molecule has 0 saturated heterocycles. The number of rotatable bonds is 5. The first kappa shape index (κ1) is 15.6.